The molecule has 0 saturated carbocycles. The van der Waals surface area contributed by atoms with Gasteiger partial charge in [0.15, 0.2) is 5.76 Å². The molecular weight excluding hydrogens is 442 g/mol. The monoisotopic (exact) mass is 469 g/mol. The average Bonchev–Trinajstić information content (AvgIpc) is 3.34. The van der Waals surface area contributed by atoms with E-state index in [9.17, 15) is 18.0 Å². The van der Waals surface area contributed by atoms with Gasteiger partial charge in [-0.15, -0.1) is 0 Å². The Labute approximate surface area is 193 Å². The van der Waals surface area contributed by atoms with E-state index < -0.39 is 10.0 Å². The summed E-state index contributed by atoms with van der Waals surface area (Å²) >= 11 is 0. The van der Waals surface area contributed by atoms with Crippen molar-refractivity contribution in [2.24, 2.45) is 0 Å². The Morgan fingerprint density at radius 2 is 1.67 bits per heavy atom. The smallest absolute Gasteiger partial charge is 0.291 e. The topological polar surface area (TPSA) is 118 Å². The summed E-state index contributed by atoms with van der Waals surface area (Å²) in [6.45, 7) is 4.36. The molecule has 3 N–H and O–H groups in total. The van der Waals surface area contributed by atoms with Gasteiger partial charge in [-0.25, -0.2) is 13.1 Å². The first-order valence-electron chi connectivity index (χ1n) is 10.5. The zero-order valence-electron chi connectivity index (χ0n) is 18.5. The molecule has 0 aliphatic heterocycles. The maximum absolute atomic E-state index is 12.4. The molecule has 0 spiro atoms. The van der Waals surface area contributed by atoms with Crippen LogP contribution in [-0.2, 0) is 21.4 Å². The highest BCUT2D eigenvalue weighted by Gasteiger charge is 2.14. The number of carbonyl (C=O) groups is 2. The lowest BCUT2D eigenvalue weighted by molar-refractivity contribution is -0.121. The van der Waals surface area contributed by atoms with Crippen molar-refractivity contribution in [3.8, 4) is 0 Å². The molecule has 2 aromatic carbocycles. The van der Waals surface area contributed by atoms with E-state index in [4.69, 9.17) is 4.42 Å². The second kappa shape index (κ2) is 10.9. The quantitative estimate of drug-likeness (QED) is 0.419. The fourth-order valence-corrected chi connectivity index (χ4v) is 4.04. The van der Waals surface area contributed by atoms with Crippen molar-refractivity contribution < 1.29 is 22.4 Å². The molecule has 3 rings (SSSR count). The lowest BCUT2D eigenvalue weighted by Crippen LogP contribution is -2.30. The van der Waals surface area contributed by atoms with Crippen LogP contribution in [0, 0.1) is 0 Å². The van der Waals surface area contributed by atoms with Gasteiger partial charge < -0.3 is 15.1 Å². The molecule has 0 radical (unpaired) electrons. The van der Waals surface area contributed by atoms with Crippen LogP contribution in [0.5, 0.6) is 0 Å². The van der Waals surface area contributed by atoms with Crippen LogP contribution >= 0.6 is 0 Å². The molecule has 1 heterocycles. The summed E-state index contributed by atoms with van der Waals surface area (Å²) in [6, 6.07) is 16.9. The molecular formula is C24H27N3O5S. The van der Waals surface area contributed by atoms with Crippen LogP contribution in [-0.4, -0.2) is 26.8 Å². The summed E-state index contributed by atoms with van der Waals surface area (Å²) in [5.41, 5.74) is 2.49. The van der Waals surface area contributed by atoms with Gasteiger partial charge in [-0.05, 0) is 53.4 Å². The van der Waals surface area contributed by atoms with Crippen LogP contribution in [0.3, 0.4) is 0 Å². The number of anilines is 1. The summed E-state index contributed by atoms with van der Waals surface area (Å²) in [6.07, 6.45) is 1.44. The van der Waals surface area contributed by atoms with Crippen molar-refractivity contribution in [1.82, 2.24) is 10.0 Å². The van der Waals surface area contributed by atoms with Crippen molar-refractivity contribution in [2.45, 2.75) is 37.6 Å². The lowest BCUT2D eigenvalue weighted by atomic mass is 10.0. The van der Waals surface area contributed by atoms with Crippen molar-refractivity contribution in [3.63, 3.8) is 0 Å². The Kier molecular flexibility index (Phi) is 8.02. The molecule has 9 heteroatoms. The molecule has 0 saturated heterocycles. The third-order valence-corrected chi connectivity index (χ3v) is 6.42. The highest BCUT2D eigenvalue weighted by atomic mass is 32.2. The van der Waals surface area contributed by atoms with Crippen LogP contribution in [0.15, 0.2) is 76.2 Å². The van der Waals surface area contributed by atoms with Gasteiger partial charge in [0.2, 0.25) is 15.9 Å². The van der Waals surface area contributed by atoms with Crippen molar-refractivity contribution >= 4 is 27.5 Å². The number of benzene rings is 2. The van der Waals surface area contributed by atoms with Gasteiger partial charge in [0, 0.05) is 25.2 Å². The summed E-state index contributed by atoms with van der Waals surface area (Å²) < 4.78 is 32.3. The molecule has 0 fully saturated rings. The van der Waals surface area contributed by atoms with Crippen molar-refractivity contribution in [2.75, 3.05) is 11.9 Å². The molecule has 3 aromatic rings. The standard InChI is InChI=1S/C24H27N3O5S/c1-17(2)19-7-11-21(12-8-19)33(30,31)26-14-13-23(28)25-16-18-5-9-20(10-6-18)27-24(29)22-4-3-15-32-22/h3-12,15,17,26H,13-14,16H2,1-2H3,(H,25,28)(H,27,29). The summed E-state index contributed by atoms with van der Waals surface area (Å²) in [4.78, 5) is 24.2. The number of nitrogens with one attached hydrogen (secondary N) is 3. The highest BCUT2D eigenvalue weighted by Crippen LogP contribution is 2.17. The van der Waals surface area contributed by atoms with Gasteiger partial charge >= 0.3 is 0 Å². The van der Waals surface area contributed by atoms with E-state index in [1.54, 1.807) is 60.7 Å². The second-order valence-electron chi connectivity index (χ2n) is 7.78. The first-order chi connectivity index (χ1) is 15.7. The SMILES string of the molecule is CC(C)c1ccc(S(=O)(=O)NCCC(=O)NCc2ccc(NC(=O)c3ccco3)cc2)cc1. The molecule has 33 heavy (non-hydrogen) atoms. The predicted octanol–water partition coefficient (Wildman–Crippen LogP) is 3.64. The van der Waals surface area contributed by atoms with Gasteiger partial charge in [-0.3, -0.25) is 9.59 Å². The van der Waals surface area contributed by atoms with Crippen LogP contribution in [0.2, 0.25) is 0 Å². The molecule has 8 nitrogen and oxygen atoms in total. The van der Waals surface area contributed by atoms with Crippen molar-refractivity contribution in [1.29, 1.82) is 0 Å². The second-order valence-corrected chi connectivity index (χ2v) is 9.54. The van der Waals surface area contributed by atoms with E-state index >= 15 is 0 Å². The third kappa shape index (κ3) is 7.03. The molecule has 0 bridgehead atoms. The van der Waals surface area contributed by atoms with Gasteiger partial charge in [0.1, 0.15) is 0 Å². The molecule has 0 unspecified atom stereocenters. The number of amides is 2. The number of carbonyl (C=O) groups excluding carboxylic acids is 2. The van der Waals surface area contributed by atoms with Gasteiger partial charge in [0.25, 0.3) is 5.91 Å². The van der Waals surface area contributed by atoms with Crippen LogP contribution in [0.25, 0.3) is 0 Å². The predicted molar refractivity (Wildman–Crippen MR) is 125 cm³/mol. The number of hydrogen-bond acceptors (Lipinski definition) is 5. The normalized spacial score (nSPS) is 11.4. The van der Waals surface area contributed by atoms with E-state index in [1.165, 1.54) is 6.26 Å². The van der Waals surface area contributed by atoms with E-state index in [0.29, 0.717) is 11.6 Å². The first kappa shape index (κ1) is 24.2. The fourth-order valence-electron chi connectivity index (χ4n) is 3.01. The minimum absolute atomic E-state index is 0.00214. The average molecular weight is 470 g/mol. The number of hydrogen-bond donors (Lipinski definition) is 3. The molecule has 174 valence electrons. The molecule has 0 aliphatic rings. The van der Waals surface area contributed by atoms with Gasteiger partial charge in [-0.2, -0.15) is 0 Å². The maximum atomic E-state index is 12.4. The minimum atomic E-state index is -3.67. The fraction of sp³-hybridized carbons (Fsp3) is 0.250. The highest BCUT2D eigenvalue weighted by molar-refractivity contribution is 7.89. The summed E-state index contributed by atoms with van der Waals surface area (Å²) in [5.74, 6) is -0.0907. The zero-order chi connectivity index (χ0) is 23.8. The van der Waals surface area contributed by atoms with Gasteiger partial charge in [0.05, 0.1) is 11.2 Å². The van der Waals surface area contributed by atoms with E-state index in [2.05, 4.69) is 15.4 Å². The first-order valence-corrected chi connectivity index (χ1v) is 12.0. The van der Waals surface area contributed by atoms with E-state index in [-0.39, 0.29) is 42.0 Å². The largest absolute Gasteiger partial charge is 0.459 e. The van der Waals surface area contributed by atoms with Gasteiger partial charge in [-0.1, -0.05) is 38.1 Å². The Balaban J connectivity index is 1.41. The molecule has 2 amide bonds. The number of sulfonamides is 1. The Morgan fingerprint density at radius 3 is 2.27 bits per heavy atom. The third-order valence-electron chi connectivity index (χ3n) is 4.95. The summed E-state index contributed by atoms with van der Waals surface area (Å²) in [7, 11) is -3.67. The maximum Gasteiger partial charge on any atom is 0.291 e. The van der Waals surface area contributed by atoms with Crippen molar-refractivity contribution in [3.05, 3.63) is 83.8 Å². The molecule has 0 aliphatic carbocycles. The van der Waals surface area contributed by atoms with Crippen LogP contribution < -0.4 is 15.4 Å². The summed E-state index contributed by atoms with van der Waals surface area (Å²) in [5, 5.41) is 5.47. The van der Waals surface area contributed by atoms with E-state index in [1.807, 2.05) is 13.8 Å². The Hall–Kier alpha value is -3.43. The molecule has 0 atom stereocenters. The Bertz CT molecular complexity index is 1170. The van der Waals surface area contributed by atoms with Crippen LogP contribution in [0.1, 0.15) is 47.9 Å². The zero-order valence-corrected chi connectivity index (χ0v) is 19.3. The number of furan rings is 1. The van der Waals surface area contributed by atoms with E-state index in [0.717, 1.165) is 11.1 Å². The van der Waals surface area contributed by atoms with Crippen LogP contribution in [0.4, 0.5) is 5.69 Å². The number of rotatable bonds is 10. The minimum Gasteiger partial charge on any atom is -0.459 e. The molecule has 1 aromatic heterocycles. The lowest BCUT2D eigenvalue weighted by Gasteiger charge is -2.10. The Morgan fingerprint density at radius 1 is 0.970 bits per heavy atom.